The monoisotopic (exact) mass is 790 g/mol. The molecule has 1 saturated carbocycles. The molecule has 0 aromatic rings. The summed E-state index contributed by atoms with van der Waals surface area (Å²) in [5, 5.41) is 19.2. The highest BCUT2D eigenvalue weighted by Gasteiger charge is 2.82. The molecule has 3 aliphatic rings. The number of carbonyl (C=O) groups excluding carboxylic acids is 4. The summed E-state index contributed by atoms with van der Waals surface area (Å²) in [5.74, 6) is -11.0. The van der Waals surface area contributed by atoms with Gasteiger partial charge in [-0.25, -0.2) is 0 Å². The maximum Gasteiger partial charge on any atom is 0.449 e. The summed E-state index contributed by atoms with van der Waals surface area (Å²) in [5.41, 5.74) is -5.94. The van der Waals surface area contributed by atoms with Crippen molar-refractivity contribution in [2.75, 3.05) is 13.2 Å². The first-order valence-corrected chi connectivity index (χ1v) is 18.5. The highest BCUT2D eigenvalue weighted by atomic mass is 19.4. The molecule has 54 heavy (non-hydrogen) atoms. The predicted molar refractivity (Wildman–Crippen MR) is 187 cm³/mol. The van der Waals surface area contributed by atoms with Crippen molar-refractivity contribution in [1.82, 2.24) is 0 Å². The van der Waals surface area contributed by atoms with Crippen LogP contribution in [0, 0.1) is 22.2 Å². The Hall–Kier alpha value is -2.59. The van der Waals surface area contributed by atoms with Crippen LogP contribution in [0.25, 0.3) is 0 Å². The van der Waals surface area contributed by atoms with E-state index in [2.05, 4.69) is 9.47 Å². The average Bonchev–Trinajstić information content (AvgIpc) is 3.54. The van der Waals surface area contributed by atoms with Gasteiger partial charge >= 0.3 is 41.8 Å². The van der Waals surface area contributed by atoms with Crippen molar-refractivity contribution in [3.63, 3.8) is 0 Å². The van der Waals surface area contributed by atoms with Crippen LogP contribution < -0.4 is 0 Å². The van der Waals surface area contributed by atoms with E-state index in [9.17, 15) is 51.3 Å². The second-order valence-corrected chi connectivity index (χ2v) is 17.5. The van der Waals surface area contributed by atoms with E-state index in [1.807, 2.05) is 62.3 Å². The van der Waals surface area contributed by atoms with E-state index in [4.69, 9.17) is 14.2 Å². The average molecular weight is 791 g/mol. The summed E-state index contributed by atoms with van der Waals surface area (Å²) in [7, 11) is 0. The Labute approximate surface area is 316 Å². The minimum atomic E-state index is -5.74. The molecule has 3 atom stereocenters. The van der Waals surface area contributed by atoms with Crippen molar-refractivity contribution in [3.05, 3.63) is 0 Å². The fourth-order valence-electron chi connectivity index (χ4n) is 5.19. The molecule has 3 rings (SSSR count). The van der Waals surface area contributed by atoms with Gasteiger partial charge in [-0.1, -0.05) is 20.8 Å². The summed E-state index contributed by atoms with van der Waals surface area (Å²) >= 11 is 0. The zero-order valence-corrected chi connectivity index (χ0v) is 34.2. The number of esters is 4. The zero-order valence-electron chi connectivity index (χ0n) is 34.2. The molecule has 3 fully saturated rings. The molecule has 11 nitrogen and oxygen atoms in total. The van der Waals surface area contributed by atoms with E-state index in [0.717, 1.165) is 32.1 Å². The lowest BCUT2D eigenvalue weighted by molar-refractivity contribution is -0.409. The van der Waals surface area contributed by atoms with Gasteiger partial charge in [0.15, 0.2) is 0 Å². The van der Waals surface area contributed by atoms with Crippen LogP contribution in [0.2, 0.25) is 0 Å². The number of ether oxygens (including phenoxy) is 5. The second kappa shape index (κ2) is 17.3. The van der Waals surface area contributed by atoms with Crippen LogP contribution >= 0.6 is 0 Å². The van der Waals surface area contributed by atoms with Crippen LogP contribution in [0.1, 0.15) is 141 Å². The van der Waals surface area contributed by atoms with Gasteiger partial charge < -0.3 is 33.9 Å². The van der Waals surface area contributed by atoms with E-state index in [-0.39, 0.29) is 49.1 Å². The predicted octanol–water partition coefficient (Wildman–Crippen LogP) is 7.61. The lowest BCUT2D eigenvalue weighted by atomic mass is 9.73. The van der Waals surface area contributed by atoms with E-state index < -0.39 is 57.9 Å². The van der Waals surface area contributed by atoms with Gasteiger partial charge in [-0.2, -0.15) is 22.0 Å². The van der Waals surface area contributed by atoms with E-state index in [1.165, 1.54) is 13.8 Å². The van der Waals surface area contributed by atoms with E-state index >= 15 is 0 Å². The lowest BCUT2D eigenvalue weighted by Crippen LogP contribution is -2.63. The minimum Gasteiger partial charge on any atom is -0.462 e. The highest BCUT2D eigenvalue weighted by Crippen LogP contribution is 2.55. The minimum absolute atomic E-state index is 0.0980. The van der Waals surface area contributed by atoms with Gasteiger partial charge in [-0.15, -0.1) is 0 Å². The molecular weight excluding hydrogens is 727 g/mol. The molecule has 2 aliphatic heterocycles. The lowest BCUT2D eigenvalue weighted by Gasteiger charge is -2.42. The van der Waals surface area contributed by atoms with Crippen LogP contribution in [-0.2, 0) is 42.9 Å². The summed E-state index contributed by atoms with van der Waals surface area (Å²) in [6.07, 6.45) is -0.688. The van der Waals surface area contributed by atoms with Crippen molar-refractivity contribution < 1.29 is 75.0 Å². The summed E-state index contributed by atoms with van der Waals surface area (Å²) in [4.78, 5) is 46.3. The van der Waals surface area contributed by atoms with Crippen molar-refractivity contribution in [1.29, 1.82) is 0 Å². The van der Waals surface area contributed by atoms with Crippen LogP contribution in [0.4, 0.5) is 22.0 Å². The fraction of sp³-hybridized carbons (Fsp3) is 0.895. The number of hydrogen-bond donors (Lipinski definition) is 2. The van der Waals surface area contributed by atoms with E-state index in [1.54, 1.807) is 6.92 Å². The number of cyclic esters (lactones) is 1. The van der Waals surface area contributed by atoms with Gasteiger partial charge in [0.2, 0.25) is 5.60 Å². The van der Waals surface area contributed by atoms with Gasteiger partial charge in [0.1, 0.15) is 18.3 Å². The zero-order chi connectivity index (χ0) is 42.6. The van der Waals surface area contributed by atoms with Crippen LogP contribution in [0.15, 0.2) is 0 Å². The largest absolute Gasteiger partial charge is 0.462 e. The summed E-state index contributed by atoms with van der Waals surface area (Å²) in [6.45, 7) is 21.1. The van der Waals surface area contributed by atoms with E-state index in [0.29, 0.717) is 19.3 Å². The van der Waals surface area contributed by atoms with Crippen molar-refractivity contribution >= 4 is 23.9 Å². The second-order valence-electron chi connectivity index (χ2n) is 17.5. The Morgan fingerprint density at radius 2 is 1.22 bits per heavy atom. The Morgan fingerprint density at radius 1 is 0.796 bits per heavy atom. The van der Waals surface area contributed by atoms with Crippen LogP contribution in [0.5, 0.6) is 0 Å². The standard InChI is InChI=1S/C16H30O3.C12H17F5O4.C10H16O4/c1-7-14(2,3)13(17)19-16(6)10-8-12(9-11-16)15(4,5)18;1-5-8(2,3)7(18)21-9(4)6-20-11(19,10(9,13)14)12(15,16)17;1-4-10(2,3)9(12)14-7-5-8(11)13-6-7/h12,18H,7-11H2,1-6H3;19H,5-6H2,1-4H3;7H,4-6H2,1-3H3. The first-order chi connectivity index (χ1) is 24.1. The number of halogens is 5. The molecular formula is C38H63F5O11. The molecule has 0 spiro atoms. The third-order valence-corrected chi connectivity index (χ3v) is 11.1. The molecule has 0 bridgehead atoms. The van der Waals surface area contributed by atoms with Gasteiger partial charge in [-0.05, 0) is 120 Å². The van der Waals surface area contributed by atoms with Gasteiger partial charge in [0.25, 0.3) is 0 Å². The van der Waals surface area contributed by atoms with Gasteiger partial charge in [0.05, 0.1) is 34.9 Å². The quantitative estimate of drug-likeness (QED) is 0.128. The Balaban J connectivity index is 0.000000413. The van der Waals surface area contributed by atoms with Crippen molar-refractivity contribution in [2.45, 2.75) is 182 Å². The highest BCUT2D eigenvalue weighted by molar-refractivity contribution is 5.78. The number of aliphatic hydroxyl groups is 2. The molecule has 0 aromatic heterocycles. The topological polar surface area (TPSA) is 155 Å². The van der Waals surface area contributed by atoms with Gasteiger partial charge in [0, 0.05) is 0 Å². The number of alkyl halides is 5. The molecule has 0 amide bonds. The molecule has 316 valence electrons. The fourth-order valence-corrected chi connectivity index (χ4v) is 5.19. The molecule has 16 heteroatoms. The van der Waals surface area contributed by atoms with Crippen LogP contribution in [-0.4, -0.2) is 88.1 Å². The Bertz CT molecular complexity index is 1310. The first-order valence-electron chi connectivity index (χ1n) is 18.5. The molecule has 0 radical (unpaired) electrons. The third kappa shape index (κ3) is 11.7. The number of carbonyl (C=O) groups is 4. The molecule has 2 N–H and O–H groups in total. The number of rotatable bonds is 10. The maximum atomic E-state index is 14.0. The smallest absolute Gasteiger partial charge is 0.449 e. The first kappa shape index (κ1) is 49.4. The Kier molecular flexibility index (Phi) is 15.8. The van der Waals surface area contributed by atoms with Crippen molar-refractivity contribution in [2.24, 2.45) is 22.2 Å². The normalized spacial score (nSPS) is 28.8. The Morgan fingerprint density at radius 3 is 1.57 bits per heavy atom. The number of hydrogen-bond acceptors (Lipinski definition) is 11. The summed E-state index contributed by atoms with van der Waals surface area (Å²) in [6, 6.07) is 0. The molecule has 0 aromatic carbocycles. The third-order valence-electron chi connectivity index (χ3n) is 11.1. The molecule has 2 heterocycles. The SMILES string of the molecule is CCC(C)(C)C(=O)OC1(C)CCC(C(C)(C)O)CC1.CCC(C)(C)C(=O)OC1(C)COC(O)(C(F)(F)F)C1(F)F.CCC(C)(C)C(=O)OC1COC(=O)C1. The molecule has 1 aliphatic carbocycles. The molecule has 3 unspecified atom stereocenters. The maximum absolute atomic E-state index is 14.0. The van der Waals surface area contributed by atoms with Gasteiger partial charge in [-0.3, -0.25) is 19.2 Å². The van der Waals surface area contributed by atoms with Crippen molar-refractivity contribution in [3.8, 4) is 0 Å². The molecule has 2 saturated heterocycles. The summed E-state index contributed by atoms with van der Waals surface area (Å²) < 4.78 is 90.0. The van der Waals surface area contributed by atoms with Crippen LogP contribution in [0.3, 0.4) is 0 Å².